The standard InChI is InChI=1S/C22H20O5/c1-22-13-7-6-12(8-13)17(22)20(27-21(22)24)25-10-16-15-9-11-4-2-3-5-14(11)18(15)26-19(16)23/h2-7,10,12-13,15,17-18,20H,8-9H2,1H3/b16-10+/t12-,13+,15?,17?,18?,20?,22+/m1/s1. The normalized spacial score (nSPS) is 44.3. The summed E-state index contributed by atoms with van der Waals surface area (Å²) in [5.74, 6) is -0.0169. The summed E-state index contributed by atoms with van der Waals surface area (Å²) in [6.07, 6.45) is 6.69. The second kappa shape index (κ2) is 5.03. The molecule has 1 aromatic rings. The Bertz CT molecular complexity index is 930. The number of fused-ring (bicyclic) bond motifs is 8. The lowest BCUT2D eigenvalue weighted by Gasteiger charge is -2.28. The van der Waals surface area contributed by atoms with E-state index in [-0.39, 0.29) is 35.8 Å². The quantitative estimate of drug-likeness (QED) is 0.349. The van der Waals surface area contributed by atoms with Gasteiger partial charge in [-0.25, -0.2) is 4.79 Å². The monoisotopic (exact) mass is 364 g/mol. The lowest BCUT2D eigenvalue weighted by Crippen LogP contribution is -2.35. The highest BCUT2D eigenvalue weighted by molar-refractivity contribution is 5.92. The number of rotatable bonds is 2. The molecule has 0 N–H and O–H groups in total. The molecule has 3 aliphatic carbocycles. The van der Waals surface area contributed by atoms with Gasteiger partial charge in [0, 0.05) is 5.92 Å². The summed E-state index contributed by atoms with van der Waals surface area (Å²) >= 11 is 0. The maximum Gasteiger partial charge on any atom is 0.338 e. The molecule has 3 fully saturated rings. The van der Waals surface area contributed by atoms with Crippen molar-refractivity contribution >= 4 is 11.9 Å². The van der Waals surface area contributed by atoms with E-state index in [1.807, 2.05) is 25.1 Å². The van der Waals surface area contributed by atoms with Crippen LogP contribution in [0.5, 0.6) is 0 Å². The van der Waals surface area contributed by atoms with Crippen molar-refractivity contribution in [3.8, 4) is 0 Å². The molecule has 0 aromatic heterocycles. The molecule has 1 saturated carbocycles. The van der Waals surface area contributed by atoms with Crippen LogP contribution < -0.4 is 0 Å². The van der Waals surface area contributed by atoms with Gasteiger partial charge in [0.15, 0.2) is 0 Å². The fourth-order valence-electron chi connectivity index (χ4n) is 5.91. The van der Waals surface area contributed by atoms with Crippen molar-refractivity contribution in [1.82, 2.24) is 0 Å². The van der Waals surface area contributed by atoms with Crippen LogP contribution in [-0.4, -0.2) is 18.2 Å². The van der Waals surface area contributed by atoms with E-state index >= 15 is 0 Å². The first-order valence-corrected chi connectivity index (χ1v) is 9.61. The van der Waals surface area contributed by atoms with E-state index < -0.39 is 11.7 Å². The van der Waals surface area contributed by atoms with E-state index in [9.17, 15) is 9.59 Å². The average molecular weight is 364 g/mol. The van der Waals surface area contributed by atoms with Crippen molar-refractivity contribution in [2.24, 2.45) is 29.1 Å². The van der Waals surface area contributed by atoms with E-state index in [1.165, 1.54) is 11.8 Å². The van der Waals surface area contributed by atoms with Gasteiger partial charge < -0.3 is 14.2 Å². The Morgan fingerprint density at radius 3 is 2.93 bits per heavy atom. The first kappa shape index (κ1) is 15.5. The number of esters is 2. The Hall–Kier alpha value is -2.56. The van der Waals surface area contributed by atoms with Gasteiger partial charge in [0.2, 0.25) is 6.29 Å². The molecule has 0 spiro atoms. The molecule has 0 radical (unpaired) electrons. The summed E-state index contributed by atoms with van der Waals surface area (Å²) in [5.41, 5.74) is 2.33. The maximum atomic E-state index is 12.5. The van der Waals surface area contributed by atoms with Crippen LogP contribution in [0.15, 0.2) is 48.3 Å². The van der Waals surface area contributed by atoms with Crippen LogP contribution >= 0.6 is 0 Å². The van der Waals surface area contributed by atoms with Crippen molar-refractivity contribution in [2.75, 3.05) is 0 Å². The topological polar surface area (TPSA) is 61.8 Å². The third-order valence-electron chi connectivity index (χ3n) is 7.36. The predicted octanol–water partition coefficient (Wildman–Crippen LogP) is 3.07. The van der Waals surface area contributed by atoms with Crippen LogP contribution in [-0.2, 0) is 30.2 Å². The molecule has 6 rings (SSSR count). The highest BCUT2D eigenvalue weighted by atomic mass is 16.7. The second-order valence-electron chi connectivity index (χ2n) is 8.52. The van der Waals surface area contributed by atoms with Gasteiger partial charge in [0.05, 0.1) is 23.2 Å². The fourth-order valence-corrected chi connectivity index (χ4v) is 5.91. The molecule has 138 valence electrons. The zero-order valence-electron chi connectivity index (χ0n) is 15.0. The van der Waals surface area contributed by atoms with Crippen molar-refractivity contribution in [3.63, 3.8) is 0 Å². The molecule has 7 atom stereocenters. The van der Waals surface area contributed by atoms with Gasteiger partial charge >= 0.3 is 11.9 Å². The smallest absolute Gasteiger partial charge is 0.338 e. The minimum Gasteiger partial charge on any atom is -0.461 e. The van der Waals surface area contributed by atoms with Crippen LogP contribution in [0.1, 0.15) is 30.6 Å². The molecule has 2 bridgehead atoms. The molecule has 5 heteroatoms. The SMILES string of the molecule is C[C@@]12C(=O)OC(O/C=C3/C(=O)OC4c5ccccc5CC34)C1[C@@H]1C=C[C@H]2C1. The number of allylic oxidation sites excluding steroid dienone is 2. The van der Waals surface area contributed by atoms with Crippen molar-refractivity contribution in [3.05, 3.63) is 59.4 Å². The summed E-state index contributed by atoms with van der Waals surface area (Å²) in [7, 11) is 0. The van der Waals surface area contributed by atoms with Gasteiger partial charge in [-0.15, -0.1) is 0 Å². The molecular weight excluding hydrogens is 344 g/mol. The Morgan fingerprint density at radius 1 is 1.19 bits per heavy atom. The lowest BCUT2D eigenvalue weighted by molar-refractivity contribution is -0.161. The number of carbonyl (C=O) groups is 2. The molecule has 2 heterocycles. The molecule has 0 amide bonds. The van der Waals surface area contributed by atoms with Crippen LogP contribution in [0.4, 0.5) is 0 Å². The number of hydrogen-bond donors (Lipinski definition) is 0. The first-order chi connectivity index (χ1) is 13.1. The van der Waals surface area contributed by atoms with Crippen molar-refractivity contribution in [2.45, 2.75) is 32.2 Å². The van der Waals surface area contributed by atoms with Gasteiger partial charge in [0.25, 0.3) is 0 Å². The molecule has 4 unspecified atom stereocenters. The predicted molar refractivity (Wildman–Crippen MR) is 93.9 cm³/mol. The summed E-state index contributed by atoms with van der Waals surface area (Å²) in [4.78, 5) is 24.9. The van der Waals surface area contributed by atoms with Crippen molar-refractivity contribution < 1.29 is 23.8 Å². The summed E-state index contributed by atoms with van der Waals surface area (Å²) in [6, 6.07) is 8.06. The largest absolute Gasteiger partial charge is 0.461 e. The van der Waals surface area contributed by atoms with Crippen LogP contribution in [0.3, 0.4) is 0 Å². The minimum absolute atomic E-state index is 0.00541. The van der Waals surface area contributed by atoms with E-state index in [0.29, 0.717) is 11.5 Å². The number of hydrogen-bond acceptors (Lipinski definition) is 5. The third kappa shape index (κ3) is 1.84. The average Bonchev–Trinajstić information content (AvgIpc) is 3.41. The van der Waals surface area contributed by atoms with E-state index in [1.54, 1.807) is 0 Å². The Morgan fingerprint density at radius 2 is 2.04 bits per heavy atom. The molecule has 5 aliphatic rings. The fraction of sp³-hybridized carbons (Fsp3) is 0.455. The van der Waals surface area contributed by atoms with Crippen LogP contribution in [0.2, 0.25) is 0 Å². The van der Waals surface area contributed by atoms with Crippen LogP contribution in [0.25, 0.3) is 0 Å². The molecule has 5 nitrogen and oxygen atoms in total. The van der Waals surface area contributed by atoms with E-state index in [2.05, 4.69) is 18.2 Å². The molecule has 1 aromatic carbocycles. The Labute approximate surface area is 157 Å². The van der Waals surface area contributed by atoms with E-state index in [0.717, 1.165) is 18.4 Å². The second-order valence-corrected chi connectivity index (χ2v) is 8.52. The summed E-state index contributed by atoms with van der Waals surface area (Å²) < 4.78 is 17.1. The number of carbonyl (C=O) groups excluding carboxylic acids is 2. The Kier molecular flexibility index (Phi) is 2.89. The first-order valence-electron chi connectivity index (χ1n) is 9.61. The number of benzene rings is 1. The lowest BCUT2D eigenvalue weighted by atomic mass is 9.71. The highest BCUT2D eigenvalue weighted by Gasteiger charge is 2.66. The van der Waals surface area contributed by atoms with Crippen LogP contribution in [0, 0.1) is 29.1 Å². The molecule has 2 saturated heterocycles. The molecule has 27 heavy (non-hydrogen) atoms. The van der Waals surface area contributed by atoms with Gasteiger partial charge in [-0.2, -0.15) is 0 Å². The summed E-state index contributed by atoms with van der Waals surface area (Å²) in [5, 5.41) is 0. The van der Waals surface area contributed by atoms with Gasteiger partial charge in [-0.05, 0) is 42.7 Å². The number of cyclic esters (lactones) is 1. The zero-order chi connectivity index (χ0) is 18.3. The maximum absolute atomic E-state index is 12.5. The molecule has 2 aliphatic heterocycles. The van der Waals surface area contributed by atoms with Gasteiger partial charge in [-0.3, -0.25) is 4.79 Å². The highest BCUT2D eigenvalue weighted by Crippen LogP contribution is 2.61. The van der Waals surface area contributed by atoms with Crippen molar-refractivity contribution in [1.29, 1.82) is 0 Å². The minimum atomic E-state index is -0.634. The van der Waals surface area contributed by atoms with Gasteiger partial charge in [0.1, 0.15) is 6.10 Å². The zero-order valence-corrected chi connectivity index (χ0v) is 15.0. The van der Waals surface area contributed by atoms with E-state index in [4.69, 9.17) is 14.2 Å². The van der Waals surface area contributed by atoms with Gasteiger partial charge in [-0.1, -0.05) is 36.4 Å². The molecular formula is C22H20O5. The summed E-state index contributed by atoms with van der Waals surface area (Å²) in [6.45, 7) is 1.98. The third-order valence-corrected chi connectivity index (χ3v) is 7.36. The number of ether oxygens (including phenoxy) is 3. The Balaban J connectivity index is 1.27.